The summed E-state index contributed by atoms with van der Waals surface area (Å²) in [5.74, 6) is 1.07. The number of carbonyl (C=O) groups excluding carboxylic acids is 1. The van der Waals surface area contributed by atoms with Crippen molar-refractivity contribution in [2.45, 2.75) is 18.9 Å². The molecule has 1 fully saturated rings. The van der Waals surface area contributed by atoms with Crippen molar-refractivity contribution in [2.75, 3.05) is 18.8 Å². The van der Waals surface area contributed by atoms with Gasteiger partial charge in [-0.25, -0.2) is 0 Å². The Morgan fingerprint density at radius 3 is 3.23 bits per heavy atom. The van der Waals surface area contributed by atoms with Crippen LogP contribution in [0.4, 0.5) is 0 Å². The maximum absolute atomic E-state index is 11.5. The van der Waals surface area contributed by atoms with Crippen LogP contribution in [-0.4, -0.2) is 36.0 Å². The van der Waals surface area contributed by atoms with E-state index in [9.17, 15) is 4.79 Å². The fourth-order valence-corrected chi connectivity index (χ4v) is 2.24. The van der Waals surface area contributed by atoms with Crippen molar-refractivity contribution < 1.29 is 4.79 Å². The zero-order chi connectivity index (χ0) is 9.10. The van der Waals surface area contributed by atoms with Gasteiger partial charge in [0.2, 0.25) is 5.91 Å². The Hall–Kier alpha value is -0.550. The van der Waals surface area contributed by atoms with Gasteiger partial charge in [0.05, 0.1) is 12.6 Å². The Morgan fingerprint density at radius 2 is 2.62 bits per heavy atom. The van der Waals surface area contributed by atoms with Crippen LogP contribution in [0.1, 0.15) is 12.8 Å². The second-order valence-electron chi connectivity index (χ2n) is 3.17. The zero-order valence-corrected chi connectivity index (χ0v) is 8.19. The molecule has 0 aromatic carbocycles. The molecule has 4 nitrogen and oxygen atoms in total. The number of amides is 1. The third-order valence-electron chi connectivity index (χ3n) is 2.19. The molecule has 0 radical (unpaired) electrons. The van der Waals surface area contributed by atoms with Crippen LogP contribution in [0.5, 0.6) is 0 Å². The average Bonchev–Trinajstić information content (AvgIpc) is 2.74. The van der Waals surface area contributed by atoms with E-state index in [1.54, 1.807) is 11.8 Å². The molecule has 1 amide bonds. The van der Waals surface area contributed by atoms with Crippen molar-refractivity contribution in [1.29, 1.82) is 0 Å². The highest BCUT2D eigenvalue weighted by molar-refractivity contribution is 8.14. The summed E-state index contributed by atoms with van der Waals surface area (Å²) in [4.78, 5) is 15.7. The van der Waals surface area contributed by atoms with Gasteiger partial charge in [0.1, 0.15) is 0 Å². The van der Waals surface area contributed by atoms with Gasteiger partial charge in [0.15, 0.2) is 5.17 Å². The summed E-state index contributed by atoms with van der Waals surface area (Å²) in [5.41, 5.74) is 0. The maximum atomic E-state index is 11.5. The second-order valence-corrected chi connectivity index (χ2v) is 4.26. The van der Waals surface area contributed by atoms with Crippen molar-refractivity contribution in [3.63, 3.8) is 0 Å². The van der Waals surface area contributed by atoms with Crippen molar-refractivity contribution in [1.82, 2.24) is 10.6 Å². The van der Waals surface area contributed by atoms with E-state index in [1.165, 1.54) is 0 Å². The standard InChI is InChI=1S/C8H13N3OS/c12-7(6-2-1-3-9-6)11-8-10-4-5-13-8/h6,9H,1-5H2,(H,10,11,12)/t6-/m0/s1. The first-order chi connectivity index (χ1) is 6.36. The van der Waals surface area contributed by atoms with Crippen LogP contribution in [0, 0.1) is 0 Å². The van der Waals surface area contributed by atoms with Crippen LogP contribution in [0.3, 0.4) is 0 Å². The first-order valence-corrected chi connectivity index (χ1v) is 5.56. The number of thioether (sulfide) groups is 1. The van der Waals surface area contributed by atoms with E-state index in [-0.39, 0.29) is 11.9 Å². The highest BCUT2D eigenvalue weighted by atomic mass is 32.2. The molecule has 2 N–H and O–H groups in total. The zero-order valence-electron chi connectivity index (χ0n) is 7.38. The summed E-state index contributed by atoms with van der Waals surface area (Å²) in [6.45, 7) is 1.79. The number of nitrogens with zero attached hydrogens (tertiary/aromatic N) is 1. The Kier molecular flexibility index (Phi) is 2.85. The Balaban J connectivity index is 1.83. The number of carbonyl (C=O) groups is 1. The maximum Gasteiger partial charge on any atom is 0.243 e. The van der Waals surface area contributed by atoms with Crippen LogP contribution < -0.4 is 10.6 Å². The lowest BCUT2D eigenvalue weighted by Crippen LogP contribution is -2.42. The number of rotatable bonds is 1. The molecule has 0 aromatic heterocycles. The molecule has 2 heterocycles. The van der Waals surface area contributed by atoms with Crippen LogP contribution in [-0.2, 0) is 4.79 Å². The minimum absolute atomic E-state index is 0.00361. The second kappa shape index (κ2) is 4.11. The quantitative estimate of drug-likeness (QED) is 0.623. The molecule has 1 saturated heterocycles. The molecule has 2 aliphatic heterocycles. The molecule has 2 aliphatic rings. The molecule has 0 unspecified atom stereocenters. The summed E-state index contributed by atoms with van der Waals surface area (Å²) < 4.78 is 0. The van der Waals surface area contributed by atoms with Gasteiger partial charge in [-0.2, -0.15) is 0 Å². The number of amidine groups is 1. The fraction of sp³-hybridized carbons (Fsp3) is 0.750. The number of aliphatic imine (C=N–C) groups is 1. The lowest BCUT2D eigenvalue weighted by molar-refractivity contribution is -0.121. The van der Waals surface area contributed by atoms with E-state index in [2.05, 4.69) is 15.6 Å². The molecule has 0 aliphatic carbocycles. The van der Waals surface area contributed by atoms with Gasteiger partial charge in [-0.1, -0.05) is 11.8 Å². The van der Waals surface area contributed by atoms with E-state index < -0.39 is 0 Å². The van der Waals surface area contributed by atoms with Gasteiger partial charge in [-0.15, -0.1) is 0 Å². The minimum atomic E-state index is 0.00361. The van der Waals surface area contributed by atoms with Gasteiger partial charge in [0, 0.05) is 5.75 Å². The van der Waals surface area contributed by atoms with Crippen molar-refractivity contribution in [2.24, 2.45) is 4.99 Å². The van der Waals surface area contributed by atoms with Gasteiger partial charge < -0.3 is 10.6 Å². The van der Waals surface area contributed by atoms with Crippen molar-refractivity contribution >= 4 is 22.8 Å². The average molecular weight is 199 g/mol. The predicted octanol–water partition coefficient (Wildman–Crippen LogP) is -0.0426. The largest absolute Gasteiger partial charge is 0.306 e. The lowest BCUT2D eigenvalue weighted by Gasteiger charge is -2.09. The first kappa shape index (κ1) is 9.02. The third kappa shape index (κ3) is 2.22. The summed E-state index contributed by atoms with van der Waals surface area (Å²) in [6, 6.07) is 0.00361. The molecule has 0 aromatic rings. The fourth-order valence-electron chi connectivity index (χ4n) is 1.51. The summed E-state index contributed by atoms with van der Waals surface area (Å²) >= 11 is 1.62. The Labute approximate surface area is 81.6 Å². The molecule has 0 bridgehead atoms. The first-order valence-electron chi connectivity index (χ1n) is 4.58. The van der Waals surface area contributed by atoms with Crippen molar-refractivity contribution in [3.8, 4) is 0 Å². The SMILES string of the molecule is O=C(NC1=NCCS1)[C@@H]1CCCN1. The molecular formula is C8H13N3OS. The van der Waals surface area contributed by atoms with E-state index in [0.717, 1.165) is 36.9 Å². The molecule has 1 atom stereocenters. The molecule has 72 valence electrons. The van der Waals surface area contributed by atoms with Crippen LogP contribution in [0.15, 0.2) is 4.99 Å². The Bertz CT molecular complexity index is 236. The molecule has 2 rings (SSSR count). The highest BCUT2D eigenvalue weighted by Gasteiger charge is 2.23. The van der Waals surface area contributed by atoms with Gasteiger partial charge in [-0.05, 0) is 19.4 Å². The molecule has 13 heavy (non-hydrogen) atoms. The van der Waals surface area contributed by atoms with Crippen LogP contribution in [0.2, 0.25) is 0 Å². The van der Waals surface area contributed by atoms with Gasteiger partial charge in [-0.3, -0.25) is 9.79 Å². The van der Waals surface area contributed by atoms with Crippen LogP contribution >= 0.6 is 11.8 Å². The molecular weight excluding hydrogens is 186 g/mol. The topological polar surface area (TPSA) is 53.5 Å². The monoisotopic (exact) mass is 199 g/mol. The predicted molar refractivity (Wildman–Crippen MR) is 53.9 cm³/mol. The number of nitrogens with one attached hydrogen (secondary N) is 2. The van der Waals surface area contributed by atoms with E-state index in [0.29, 0.717) is 0 Å². The van der Waals surface area contributed by atoms with Gasteiger partial charge in [0.25, 0.3) is 0 Å². The van der Waals surface area contributed by atoms with E-state index >= 15 is 0 Å². The number of hydrogen-bond acceptors (Lipinski definition) is 4. The molecule has 5 heteroatoms. The third-order valence-corrected chi connectivity index (χ3v) is 3.08. The Morgan fingerprint density at radius 1 is 1.69 bits per heavy atom. The molecule has 0 spiro atoms. The van der Waals surface area contributed by atoms with E-state index in [4.69, 9.17) is 0 Å². The van der Waals surface area contributed by atoms with Crippen molar-refractivity contribution in [3.05, 3.63) is 0 Å². The smallest absolute Gasteiger partial charge is 0.243 e. The van der Waals surface area contributed by atoms with Gasteiger partial charge >= 0.3 is 0 Å². The summed E-state index contributed by atoms with van der Waals surface area (Å²) in [7, 11) is 0. The summed E-state index contributed by atoms with van der Waals surface area (Å²) in [6.07, 6.45) is 2.04. The normalized spacial score (nSPS) is 27.4. The van der Waals surface area contributed by atoms with Crippen LogP contribution in [0.25, 0.3) is 0 Å². The highest BCUT2D eigenvalue weighted by Crippen LogP contribution is 2.10. The number of hydrogen-bond donors (Lipinski definition) is 2. The molecule has 0 saturated carbocycles. The minimum Gasteiger partial charge on any atom is -0.306 e. The summed E-state index contributed by atoms with van der Waals surface area (Å²) in [5, 5.41) is 6.78. The lowest BCUT2D eigenvalue weighted by atomic mass is 10.2. The van der Waals surface area contributed by atoms with E-state index in [1.807, 2.05) is 0 Å².